The van der Waals surface area contributed by atoms with Crippen LogP contribution in [0, 0.1) is 12.8 Å². The lowest BCUT2D eigenvalue weighted by Gasteiger charge is -2.14. The fourth-order valence-corrected chi connectivity index (χ4v) is 1.27. The van der Waals surface area contributed by atoms with Crippen LogP contribution in [0.15, 0.2) is 0 Å². The Labute approximate surface area is 66.0 Å². The molecule has 0 aliphatic rings. The van der Waals surface area contributed by atoms with E-state index in [1.807, 2.05) is 0 Å². The first kappa shape index (κ1) is 9.52. The van der Waals surface area contributed by atoms with Crippen molar-refractivity contribution in [3.63, 3.8) is 0 Å². The first-order valence-electron chi connectivity index (χ1n) is 2.44. The number of hydrogen-bond donors (Lipinski definition) is 0. The third-order valence-corrected chi connectivity index (χ3v) is 2.06. The van der Waals surface area contributed by atoms with E-state index in [1.165, 1.54) is 0 Å². The summed E-state index contributed by atoms with van der Waals surface area (Å²) in [6.45, 7) is 3.20. The molecule has 1 radical (unpaired) electrons. The van der Waals surface area contributed by atoms with E-state index in [0.29, 0.717) is 0 Å². The molecule has 9 heavy (non-hydrogen) atoms. The molecule has 0 aliphatic heterocycles. The van der Waals surface area contributed by atoms with Crippen molar-refractivity contribution in [2.45, 2.75) is 12.6 Å². The SMILES string of the molecule is [CH2]CC(CI)C(F)(F)F. The van der Waals surface area contributed by atoms with Gasteiger partial charge in [0.2, 0.25) is 0 Å². The minimum atomic E-state index is -4.05. The van der Waals surface area contributed by atoms with E-state index < -0.39 is 12.1 Å². The molecule has 0 nitrogen and oxygen atoms in total. The minimum absolute atomic E-state index is 0.0631. The highest BCUT2D eigenvalue weighted by Gasteiger charge is 2.36. The highest BCUT2D eigenvalue weighted by molar-refractivity contribution is 14.1. The average Bonchev–Trinajstić information content (AvgIpc) is 1.65. The zero-order valence-corrected chi connectivity index (χ0v) is 6.87. The van der Waals surface area contributed by atoms with Crippen molar-refractivity contribution in [3.8, 4) is 0 Å². The van der Waals surface area contributed by atoms with Gasteiger partial charge in [0.25, 0.3) is 0 Å². The Morgan fingerprint density at radius 3 is 1.89 bits per heavy atom. The van der Waals surface area contributed by atoms with E-state index in [0.717, 1.165) is 0 Å². The lowest BCUT2D eigenvalue weighted by Crippen LogP contribution is -2.23. The van der Waals surface area contributed by atoms with E-state index in [2.05, 4.69) is 6.92 Å². The molecule has 0 amide bonds. The van der Waals surface area contributed by atoms with Crippen LogP contribution in [0.5, 0.6) is 0 Å². The monoisotopic (exact) mass is 251 g/mol. The molecule has 0 aromatic heterocycles. The fraction of sp³-hybridized carbons (Fsp3) is 0.800. The van der Waals surface area contributed by atoms with Crippen molar-refractivity contribution in [1.29, 1.82) is 0 Å². The van der Waals surface area contributed by atoms with Gasteiger partial charge in [0.1, 0.15) is 0 Å². The number of rotatable bonds is 2. The summed E-state index contributed by atoms with van der Waals surface area (Å²) in [5, 5.41) is 0. The van der Waals surface area contributed by atoms with Gasteiger partial charge in [-0.25, -0.2) is 0 Å². The highest BCUT2D eigenvalue weighted by Crippen LogP contribution is 2.29. The molecule has 0 fully saturated rings. The zero-order valence-electron chi connectivity index (χ0n) is 4.71. The van der Waals surface area contributed by atoms with Crippen molar-refractivity contribution in [3.05, 3.63) is 6.92 Å². The molecule has 0 aromatic carbocycles. The summed E-state index contributed by atoms with van der Waals surface area (Å²) < 4.78 is 35.1. The molecule has 0 spiro atoms. The average molecular weight is 251 g/mol. The van der Waals surface area contributed by atoms with Gasteiger partial charge in [0.05, 0.1) is 5.92 Å². The van der Waals surface area contributed by atoms with Gasteiger partial charge in [-0.15, -0.1) is 0 Å². The Morgan fingerprint density at radius 1 is 1.44 bits per heavy atom. The summed E-state index contributed by atoms with van der Waals surface area (Å²) >= 11 is 1.71. The molecule has 1 atom stereocenters. The van der Waals surface area contributed by atoms with Crippen molar-refractivity contribution in [1.82, 2.24) is 0 Å². The largest absolute Gasteiger partial charge is 0.392 e. The van der Waals surface area contributed by atoms with Gasteiger partial charge in [0.15, 0.2) is 0 Å². The van der Waals surface area contributed by atoms with Gasteiger partial charge in [-0.1, -0.05) is 29.5 Å². The van der Waals surface area contributed by atoms with E-state index >= 15 is 0 Å². The summed E-state index contributed by atoms with van der Waals surface area (Å²) in [5.74, 6) is -1.22. The predicted molar refractivity (Wildman–Crippen MR) is 38.4 cm³/mol. The van der Waals surface area contributed by atoms with Gasteiger partial charge in [-0.3, -0.25) is 0 Å². The van der Waals surface area contributed by atoms with E-state index in [9.17, 15) is 13.2 Å². The highest BCUT2D eigenvalue weighted by atomic mass is 127. The fourth-order valence-electron chi connectivity index (χ4n) is 0.328. The van der Waals surface area contributed by atoms with Crippen LogP contribution in [-0.4, -0.2) is 10.6 Å². The smallest absolute Gasteiger partial charge is 0.171 e. The van der Waals surface area contributed by atoms with Crippen LogP contribution in [0.2, 0.25) is 0 Å². The van der Waals surface area contributed by atoms with Crippen molar-refractivity contribution < 1.29 is 13.2 Å². The molecule has 0 rings (SSSR count). The number of alkyl halides is 4. The maximum Gasteiger partial charge on any atom is 0.392 e. The van der Waals surface area contributed by atoms with Crippen molar-refractivity contribution in [2.24, 2.45) is 5.92 Å². The topological polar surface area (TPSA) is 0 Å². The maximum absolute atomic E-state index is 11.7. The quantitative estimate of drug-likeness (QED) is 0.523. The third kappa shape index (κ3) is 3.27. The van der Waals surface area contributed by atoms with Gasteiger partial charge in [0, 0.05) is 4.43 Å². The summed E-state index contributed by atoms with van der Waals surface area (Å²) in [4.78, 5) is 0. The van der Waals surface area contributed by atoms with E-state index in [1.54, 1.807) is 22.6 Å². The van der Waals surface area contributed by atoms with Crippen molar-refractivity contribution >= 4 is 22.6 Å². The van der Waals surface area contributed by atoms with Gasteiger partial charge in [-0.05, 0) is 6.42 Å². The Balaban J connectivity index is 3.79. The molecule has 55 valence electrons. The first-order valence-corrected chi connectivity index (χ1v) is 3.96. The van der Waals surface area contributed by atoms with Crippen LogP contribution in [0.1, 0.15) is 6.42 Å². The minimum Gasteiger partial charge on any atom is -0.171 e. The van der Waals surface area contributed by atoms with Crippen molar-refractivity contribution in [2.75, 3.05) is 4.43 Å². The van der Waals surface area contributed by atoms with Crippen LogP contribution >= 0.6 is 22.6 Å². The standard InChI is InChI=1S/C5H7F3I/c1-2-4(3-9)5(6,7)8/h4H,1-3H2. The zero-order chi connectivity index (χ0) is 7.49. The summed E-state index contributed by atoms with van der Waals surface area (Å²) in [7, 11) is 0. The molecule has 4 heteroatoms. The van der Waals surface area contributed by atoms with E-state index in [-0.39, 0.29) is 10.8 Å². The maximum atomic E-state index is 11.7. The Hall–Kier alpha value is 0.520. The lowest BCUT2D eigenvalue weighted by molar-refractivity contribution is -0.166. The third-order valence-electron chi connectivity index (χ3n) is 0.998. The molecule has 0 bridgehead atoms. The lowest BCUT2D eigenvalue weighted by atomic mass is 10.1. The summed E-state index contributed by atoms with van der Waals surface area (Å²) in [6.07, 6.45) is -4.12. The second-order valence-electron chi connectivity index (χ2n) is 1.68. The van der Waals surface area contributed by atoms with Gasteiger partial charge in [-0.2, -0.15) is 13.2 Å². The van der Waals surface area contributed by atoms with Crippen LogP contribution in [0.25, 0.3) is 0 Å². The molecule has 1 unspecified atom stereocenters. The predicted octanol–water partition coefficient (Wildman–Crippen LogP) is 2.82. The van der Waals surface area contributed by atoms with Gasteiger partial charge >= 0.3 is 6.18 Å². The molecule has 0 N–H and O–H groups in total. The normalized spacial score (nSPS) is 15.7. The Bertz CT molecular complexity index is 74.8. The molecule has 0 saturated heterocycles. The second kappa shape index (κ2) is 3.63. The molecule has 0 aromatic rings. The second-order valence-corrected chi connectivity index (χ2v) is 2.56. The Morgan fingerprint density at radius 2 is 1.89 bits per heavy atom. The first-order chi connectivity index (χ1) is 4.02. The van der Waals surface area contributed by atoms with Crippen LogP contribution in [-0.2, 0) is 0 Å². The number of hydrogen-bond acceptors (Lipinski definition) is 0. The van der Waals surface area contributed by atoms with Crippen LogP contribution < -0.4 is 0 Å². The van der Waals surface area contributed by atoms with Crippen LogP contribution in [0.3, 0.4) is 0 Å². The summed E-state index contributed by atoms with van der Waals surface area (Å²) in [5.41, 5.74) is 0. The Kier molecular flexibility index (Phi) is 3.84. The molecular formula is C5H7F3I. The molecule has 0 saturated carbocycles. The van der Waals surface area contributed by atoms with Crippen LogP contribution in [0.4, 0.5) is 13.2 Å². The molecular weight excluding hydrogens is 244 g/mol. The summed E-state index contributed by atoms with van der Waals surface area (Å²) in [6, 6.07) is 0. The van der Waals surface area contributed by atoms with Gasteiger partial charge < -0.3 is 0 Å². The number of halogens is 4. The molecule has 0 aliphatic carbocycles. The molecule has 0 heterocycles. The van der Waals surface area contributed by atoms with E-state index in [4.69, 9.17) is 0 Å².